The molecule has 1 aliphatic rings. The van der Waals surface area contributed by atoms with Gasteiger partial charge in [-0.05, 0) is 73.0 Å². The number of carbonyl (C=O) groups excluding carboxylic acids is 2. The summed E-state index contributed by atoms with van der Waals surface area (Å²) in [5.41, 5.74) is 3.73. The van der Waals surface area contributed by atoms with E-state index in [9.17, 15) is 24.9 Å². The number of hydrogen-bond acceptors (Lipinski definition) is 10. The van der Waals surface area contributed by atoms with Gasteiger partial charge in [-0.1, -0.05) is 69.3 Å². The molecular formula is C40H48N8O6. The lowest BCUT2D eigenvalue weighted by Crippen LogP contribution is -2.35. The maximum absolute atomic E-state index is 12.8. The first-order chi connectivity index (χ1) is 26.0. The van der Waals surface area contributed by atoms with Crippen LogP contribution in [-0.2, 0) is 16.7 Å². The van der Waals surface area contributed by atoms with Crippen molar-refractivity contribution >= 4 is 34.6 Å². The molecule has 54 heavy (non-hydrogen) atoms. The minimum absolute atomic E-state index is 0.0161. The number of aliphatic hydroxyl groups excluding tert-OH is 2. The topological polar surface area (TPSA) is 196 Å². The van der Waals surface area contributed by atoms with E-state index in [1.807, 2.05) is 42.5 Å². The Morgan fingerprint density at radius 2 is 1.65 bits per heavy atom. The Hall–Kier alpha value is -5.41. The predicted octanol–water partition coefficient (Wildman–Crippen LogP) is 5.10. The highest BCUT2D eigenvalue weighted by atomic mass is 16.6. The van der Waals surface area contributed by atoms with E-state index >= 15 is 0 Å². The molecule has 0 radical (unpaired) electrons. The zero-order chi connectivity index (χ0) is 38.2. The van der Waals surface area contributed by atoms with Crippen LogP contribution < -0.4 is 21.3 Å². The molecule has 1 aliphatic heterocycles. The van der Waals surface area contributed by atoms with E-state index in [2.05, 4.69) is 57.0 Å². The summed E-state index contributed by atoms with van der Waals surface area (Å²) in [6.07, 6.45) is 0.229. The summed E-state index contributed by atoms with van der Waals surface area (Å²) in [4.78, 5) is 38.5. The molecule has 0 bridgehead atoms. The number of ether oxygens (including phenoxy) is 1. The number of fused-ring (bicyclic) bond motifs is 1. The molecule has 3 heterocycles. The molecule has 5 atom stereocenters. The van der Waals surface area contributed by atoms with Crippen molar-refractivity contribution in [3.8, 4) is 5.75 Å². The first-order valence-electron chi connectivity index (χ1n) is 18.2. The number of nitrogens with zero attached hydrogens (tertiary/aromatic N) is 4. The molecule has 0 aliphatic carbocycles. The first kappa shape index (κ1) is 38.3. The van der Waals surface area contributed by atoms with Crippen molar-refractivity contribution in [2.75, 3.05) is 23.7 Å². The summed E-state index contributed by atoms with van der Waals surface area (Å²) < 4.78 is 7.85. The monoisotopic (exact) mass is 736 g/mol. The van der Waals surface area contributed by atoms with Crippen LogP contribution in [0.25, 0.3) is 11.2 Å². The van der Waals surface area contributed by atoms with Crippen LogP contribution in [0.4, 0.5) is 16.3 Å². The van der Waals surface area contributed by atoms with E-state index in [0.717, 1.165) is 5.56 Å². The zero-order valence-electron chi connectivity index (χ0n) is 30.6. The molecule has 1 fully saturated rings. The van der Waals surface area contributed by atoms with Crippen LogP contribution in [-0.4, -0.2) is 78.2 Å². The molecule has 0 saturated carbocycles. The van der Waals surface area contributed by atoms with Crippen LogP contribution >= 0.6 is 0 Å². The quantitative estimate of drug-likeness (QED) is 0.0754. The largest absolute Gasteiger partial charge is 0.508 e. The van der Waals surface area contributed by atoms with Gasteiger partial charge < -0.3 is 41.3 Å². The van der Waals surface area contributed by atoms with Gasteiger partial charge in [-0.25, -0.2) is 19.7 Å². The molecule has 0 spiro atoms. The molecule has 7 N–H and O–H groups in total. The van der Waals surface area contributed by atoms with Gasteiger partial charge in [-0.3, -0.25) is 9.36 Å². The van der Waals surface area contributed by atoms with Gasteiger partial charge >= 0.3 is 6.03 Å². The number of anilines is 2. The van der Waals surface area contributed by atoms with Gasteiger partial charge in [0.2, 0.25) is 0 Å². The van der Waals surface area contributed by atoms with Gasteiger partial charge in [-0.15, -0.1) is 0 Å². The van der Waals surface area contributed by atoms with E-state index in [1.54, 1.807) is 36.4 Å². The maximum Gasteiger partial charge on any atom is 0.319 e. The average molecular weight is 737 g/mol. The van der Waals surface area contributed by atoms with E-state index in [1.165, 1.54) is 22.8 Å². The number of aromatic nitrogens is 4. The van der Waals surface area contributed by atoms with Crippen molar-refractivity contribution in [3.63, 3.8) is 0 Å². The fraction of sp³-hybridized carbons (Fsp3) is 0.375. The molecule has 14 heteroatoms. The Morgan fingerprint density at radius 1 is 0.907 bits per heavy atom. The molecule has 3 aromatic carbocycles. The van der Waals surface area contributed by atoms with Crippen molar-refractivity contribution in [2.45, 2.75) is 76.5 Å². The minimum Gasteiger partial charge on any atom is -0.508 e. The summed E-state index contributed by atoms with van der Waals surface area (Å²) >= 11 is 0. The van der Waals surface area contributed by atoms with Crippen molar-refractivity contribution in [1.82, 2.24) is 30.2 Å². The number of imidazole rings is 1. The second-order valence-corrected chi connectivity index (χ2v) is 14.6. The van der Waals surface area contributed by atoms with E-state index in [-0.39, 0.29) is 34.8 Å². The summed E-state index contributed by atoms with van der Waals surface area (Å²) in [7, 11) is 0. The zero-order valence-corrected chi connectivity index (χ0v) is 30.6. The molecule has 14 nitrogen and oxygen atoms in total. The summed E-state index contributed by atoms with van der Waals surface area (Å²) in [6.45, 7) is 7.80. The Bertz CT molecular complexity index is 2020. The highest BCUT2D eigenvalue weighted by molar-refractivity contribution is 6.06. The van der Waals surface area contributed by atoms with Crippen molar-refractivity contribution in [1.29, 1.82) is 0 Å². The number of para-hydroxylation sites is 1. The first-order valence-corrected chi connectivity index (χ1v) is 18.2. The van der Waals surface area contributed by atoms with Crippen LogP contribution in [0.15, 0.2) is 91.5 Å². The number of aliphatic hydroxyl groups is 2. The second-order valence-electron chi connectivity index (χ2n) is 14.6. The number of hydrogen-bond donors (Lipinski definition) is 7. The molecule has 3 amide bonds. The lowest BCUT2D eigenvalue weighted by Gasteiger charge is -2.23. The van der Waals surface area contributed by atoms with Crippen molar-refractivity contribution in [2.24, 2.45) is 5.92 Å². The maximum atomic E-state index is 12.8. The van der Waals surface area contributed by atoms with E-state index in [4.69, 9.17) is 4.74 Å². The van der Waals surface area contributed by atoms with Gasteiger partial charge in [0, 0.05) is 29.9 Å². The predicted molar refractivity (Wildman–Crippen MR) is 205 cm³/mol. The van der Waals surface area contributed by atoms with Crippen LogP contribution in [0.3, 0.4) is 0 Å². The highest BCUT2D eigenvalue weighted by Gasteiger charge is 2.45. The number of nitrogens with one attached hydrogen (secondary N) is 4. The Kier molecular flexibility index (Phi) is 12.2. The minimum atomic E-state index is -1.29. The molecule has 6 rings (SSSR count). The Morgan fingerprint density at radius 3 is 2.39 bits per heavy atom. The van der Waals surface area contributed by atoms with E-state index < -0.39 is 24.5 Å². The number of carbonyl (C=O) groups is 2. The average Bonchev–Trinajstić information content (AvgIpc) is 3.71. The molecule has 5 aromatic rings. The fourth-order valence-corrected chi connectivity index (χ4v) is 6.58. The van der Waals surface area contributed by atoms with Crippen molar-refractivity contribution < 1.29 is 29.6 Å². The number of rotatable bonds is 14. The van der Waals surface area contributed by atoms with Gasteiger partial charge in [0.1, 0.15) is 24.3 Å². The normalized spacial score (nSPS) is 19.1. The Balaban J connectivity index is 1.08. The van der Waals surface area contributed by atoms with Crippen LogP contribution in [0, 0.1) is 5.92 Å². The number of amides is 3. The summed E-state index contributed by atoms with van der Waals surface area (Å²) in [5.74, 6) is 0.0116. The number of phenolic OH excluding ortho intramolecular Hbond substituents is 1. The summed E-state index contributed by atoms with van der Waals surface area (Å²) in [5, 5.41) is 44.7. The third-order valence-electron chi connectivity index (χ3n) is 9.63. The third kappa shape index (κ3) is 9.38. The summed E-state index contributed by atoms with van der Waals surface area (Å²) in [6, 6.07) is 23.3. The highest BCUT2D eigenvalue weighted by Crippen LogP contribution is 2.35. The SMILES string of the molecule is CC(C)(C)c1ccc(NC(=O)NCCC[C@H](CNCc2ccccc2O)C[C@H]2O[C@@H](n3cnc4c(NC(=O)c5ccccc5)ncnc43)[C@@H](O)C2O)cc1. The Labute approximate surface area is 314 Å². The number of benzene rings is 3. The molecular weight excluding hydrogens is 688 g/mol. The van der Waals surface area contributed by atoms with Crippen LogP contribution in [0.5, 0.6) is 5.75 Å². The second kappa shape index (κ2) is 17.2. The number of aromatic hydroxyl groups is 1. The smallest absolute Gasteiger partial charge is 0.319 e. The molecule has 284 valence electrons. The lowest BCUT2D eigenvalue weighted by molar-refractivity contribution is -0.0416. The van der Waals surface area contributed by atoms with Gasteiger partial charge in [0.05, 0.1) is 12.4 Å². The third-order valence-corrected chi connectivity index (χ3v) is 9.63. The van der Waals surface area contributed by atoms with Gasteiger partial charge in [0.25, 0.3) is 5.91 Å². The number of phenols is 1. The molecule has 2 aromatic heterocycles. The standard InChI is InChI=1S/C40H48N8O6/c1-40(2,3)28-15-17-29(18-16-28)46-39(53)42-19-9-10-25(21-41-22-27-13-7-8-14-30(27)49)20-31-33(50)34(51)38(54-31)48-24-45-32-35(43-23-44-36(32)48)47-37(52)26-11-5-4-6-12-26/h4-8,11-18,23-25,31,33-34,38,41,49-51H,9-10,19-22H2,1-3H3,(H2,42,46,53)(H,43,44,47,52)/t25-,31+,33?,34-,38+/m0/s1. The molecule has 1 saturated heterocycles. The number of urea groups is 1. The van der Waals surface area contributed by atoms with E-state index in [0.29, 0.717) is 61.3 Å². The van der Waals surface area contributed by atoms with Crippen molar-refractivity contribution in [3.05, 3.63) is 108 Å². The van der Waals surface area contributed by atoms with Crippen LogP contribution in [0.2, 0.25) is 0 Å². The lowest BCUT2D eigenvalue weighted by atomic mass is 9.87. The van der Waals surface area contributed by atoms with Gasteiger partial charge in [0.15, 0.2) is 23.2 Å². The fourth-order valence-electron chi connectivity index (χ4n) is 6.58. The van der Waals surface area contributed by atoms with Crippen LogP contribution in [0.1, 0.15) is 67.7 Å². The van der Waals surface area contributed by atoms with Gasteiger partial charge in [-0.2, -0.15) is 0 Å². The molecule has 1 unspecified atom stereocenters.